The average Bonchev–Trinajstić information content (AvgIpc) is 2.14. The van der Waals surface area contributed by atoms with Gasteiger partial charge in [0.2, 0.25) is 0 Å². The second-order valence-electron chi connectivity index (χ2n) is 2.79. The van der Waals surface area contributed by atoms with Gasteiger partial charge < -0.3 is 10.6 Å². The third kappa shape index (κ3) is 2.65. The van der Waals surface area contributed by atoms with Gasteiger partial charge in [-0.15, -0.1) is 0 Å². The van der Waals surface area contributed by atoms with Crippen molar-refractivity contribution in [1.29, 1.82) is 0 Å². The molecule has 0 aliphatic heterocycles. The zero-order valence-electron chi connectivity index (χ0n) is 7.82. The van der Waals surface area contributed by atoms with Crippen LogP contribution in [-0.2, 0) is 0 Å². The predicted molar refractivity (Wildman–Crippen MR) is 64.1 cm³/mol. The van der Waals surface area contributed by atoms with Crippen molar-refractivity contribution in [3.8, 4) is 0 Å². The molecule has 0 radical (unpaired) electrons. The van der Waals surface area contributed by atoms with Gasteiger partial charge in [-0.1, -0.05) is 0 Å². The van der Waals surface area contributed by atoms with Crippen LogP contribution in [0.25, 0.3) is 0 Å². The fourth-order valence-corrected chi connectivity index (χ4v) is 1.42. The predicted octanol–water partition coefficient (Wildman–Crippen LogP) is 2.81. The highest BCUT2D eigenvalue weighted by Gasteiger charge is 2.05. The fraction of sp³-hybridized carbons (Fsp3) is 0.222. The molecule has 0 heterocycles. The molecular weight excluding hydrogens is 267 g/mol. The molecule has 0 amide bonds. The molecule has 2 nitrogen and oxygen atoms in total. The van der Waals surface area contributed by atoms with Crippen LogP contribution in [0.5, 0.6) is 0 Å². The van der Waals surface area contributed by atoms with E-state index in [4.69, 9.17) is 12.2 Å². The summed E-state index contributed by atoms with van der Waals surface area (Å²) in [5.41, 5.74) is 1.60. The van der Waals surface area contributed by atoms with Gasteiger partial charge in [0, 0.05) is 12.7 Å². The summed E-state index contributed by atoms with van der Waals surface area (Å²) in [6.45, 7) is 1.82. The quantitative estimate of drug-likeness (QED) is 0.772. The standard InChI is InChI=1S/C9H10BrFN2S/c1-5-3-7(11)6(10)4-8(5)13-9(14)12-2/h3-4H,1-2H3,(H2,12,13,14). The maximum atomic E-state index is 13.1. The molecular formula is C9H10BrFN2S. The van der Waals surface area contributed by atoms with Crippen molar-refractivity contribution in [1.82, 2.24) is 5.32 Å². The van der Waals surface area contributed by atoms with Crippen LogP contribution in [0.1, 0.15) is 5.56 Å². The zero-order valence-corrected chi connectivity index (χ0v) is 10.2. The maximum Gasteiger partial charge on any atom is 0.170 e. The van der Waals surface area contributed by atoms with Crippen molar-refractivity contribution >= 4 is 38.9 Å². The third-order valence-corrected chi connectivity index (χ3v) is 2.66. The van der Waals surface area contributed by atoms with E-state index in [1.807, 2.05) is 6.92 Å². The first-order chi connectivity index (χ1) is 6.54. The number of hydrogen-bond acceptors (Lipinski definition) is 1. The Morgan fingerprint density at radius 1 is 1.50 bits per heavy atom. The van der Waals surface area contributed by atoms with Crippen molar-refractivity contribution in [3.05, 3.63) is 28.0 Å². The molecule has 0 aliphatic carbocycles. The summed E-state index contributed by atoms with van der Waals surface area (Å²) in [6.07, 6.45) is 0. The van der Waals surface area contributed by atoms with Crippen LogP contribution in [0.15, 0.2) is 16.6 Å². The van der Waals surface area contributed by atoms with Crippen LogP contribution in [0.3, 0.4) is 0 Å². The van der Waals surface area contributed by atoms with Crippen LogP contribution in [-0.4, -0.2) is 12.2 Å². The number of anilines is 1. The van der Waals surface area contributed by atoms with Gasteiger partial charge in [0.15, 0.2) is 5.11 Å². The van der Waals surface area contributed by atoms with Crippen molar-refractivity contribution < 1.29 is 4.39 Å². The van der Waals surface area contributed by atoms with Crippen LogP contribution < -0.4 is 10.6 Å². The lowest BCUT2D eigenvalue weighted by Crippen LogP contribution is -2.24. The second-order valence-corrected chi connectivity index (χ2v) is 4.05. The minimum atomic E-state index is -0.275. The largest absolute Gasteiger partial charge is 0.366 e. The van der Waals surface area contributed by atoms with Crippen molar-refractivity contribution in [2.45, 2.75) is 6.92 Å². The molecule has 0 saturated carbocycles. The maximum absolute atomic E-state index is 13.1. The number of hydrogen-bond donors (Lipinski definition) is 2. The summed E-state index contributed by atoms with van der Waals surface area (Å²) >= 11 is 8.06. The van der Waals surface area contributed by atoms with E-state index in [1.54, 1.807) is 13.1 Å². The summed E-state index contributed by atoms with van der Waals surface area (Å²) < 4.78 is 13.5. The van der Waals surface area contributed by atoms with Gasteiger partial charge in [-0.05, 0) is 52.8 Å². The van der Waals surface area contributed by atoms with E-state index in [1.165, 1.54) is 6.07 Å². The highest BCUT2D eigenvalue weighted by molar-refractivity contribution is 9.10. The Morgan fingerprint density at radius 2 is 2.14 bits per heavy atom. The Morgan fingerprint density at radius 3 is 2.71 bits per heavy atom. The first-order valence-corrected chi connectivity index (χ1v) is 5.19. The molecule has 1 aromatic carbocycles. The lowest BCUT2D eigenvalue weighted by Gasteiger charge is -2.10. The lowest BCUT2D eigenvalue weighted by atomic mass is 10.2. The Hall–Kier alpha value is -0.680. The molecule has 14 heavy (non-hydrogen) atoms. The zero-order chi connectivity index (χ0) is 10.7. The van der Waals surface area contributed by atoms with Gasteiger partial charge in [0.1, 0.15) is 5.82 Å². The molecule has 5 heteroatoms. The Kier molecular flexibility index (Phi) is 3.83. The number of thiocarbonyl (C=S) groups is 1. The average molecular weight is 277 g/mol. The van der Waals surface area contributed by atoms with Crippen LogP contribution in [0.4, 0.5) is 10.1 Å². The highest BCUT2D eigenvalue weighted by Crippen LogP contribution is 2.23. The van der Waals surface area contributed by atoms with Crippen molar-refractivity contribution in [2.75, 3.05) is 12.4 Å². The number of rotatable bonds is 1. The SMILES string of the molecule is CNC(=S)Nc1cc(Br)c(F)cc1C. The van der Waals surface area contributed by atoms with E-state index in [-0.39, 0.29) is 5.82 Å². The molecule has 0 bridgehead atoms. The first-order valence-electron chi connectivity index (χ1n) is 3.99. The number of aryl methyl sites for hydroxylation is 1. The fourth-order valence-electron chi connectivity index (χ4n) is 0.966. The van der Waals surface area contributed by atoms with Gasteiger partial charge in [-0.2, -0.15) is 0 Å². The molecule has 0 spiro atoms. The minimum absolute atomic E-state index is 0.275. The summed E-state index contributed by atoms with van der Waals surface area (Å²) in [6, 6.07) is 3.11. The van der Waals surface area contributed by atoms with E-state index in [2.05, 4.69) is 26.6 Å². The van der Waals surface area contributed by atoms with Crippen LogP contribution >= 0.6 is 28.1 Å². The van der Waals surface area contributed by atoms with E-state index in [9.17, 15) is 4.39 Å². The Balaban J connectivity index is 2.98. The summed E-state index contributed by atoms with van der Waals surface area (Å²) in [5, 5.41) is 6.24. The Labute approximate surface area is 96.0 Å². The molecule has 1 aromatic rings. The number of benzene rings is 1. The lowest BCUT2D eigenvalue weighted by molar-refractivity contribution is 0.620. The number of nitrogens with one attached hydrogen (secondary N) is 2. The van der Waals surface area contributed by atoms with Gasteiger partial charge in [-0.25, -0.2) is 4.39 Å². The monoisotopic (exact) mass is 276 g/mol. The van der Waals surface area contributed by atoms with Gasteiger partial charge >= 0.3 is 0 Å². The smallest absolute Gasteiger partial charge is 0.170 e. The van der Waals surface area contributed by atoms with Crippen LogP contribution in [0.2, 0.25) is 0 Å². The second kappa shape index (κ2) is 4.70. The molecule has 1 rings (SSSR count). The van der Waals surface area contributed by atoms with Crippen molar-refractivity contribution in [3.63, 3.8) is 0 Å². The molecule has 0 fully saturated rings. The van der Waals surface area contributed by atoms with E-state index >= 15 is 0 Å². The van der Waals surface area contributed by atoms with Crippen molar-refractivity contribution in [2.24, 2.45) is 0 Å². The number of halogens is 2. The molecule has 0 saturated heterocycles. The molecule has 76 valence electrons. The summed E-state index contributed by atoms with van der Waals surface area (Å²) in [5.74, 6) is -0.275. The minimum Gasteiger partial charge on any atom is -0.366 e. The molecule has 0 unspecified atom stereocenters. The topological polar surface area (TPSA) is 24.1 Å². The third-order valence-electron chi connectivity index (χ3n) is 1.74. The summed E-state index contributed by atoms with van der Waals surface area (Å²) in [4.78, 5) is 0. The van der Waals surface area contributed by atoms with Crippen LogP contribution in [0, 0.1) is 12.7 Å². The molecule has 0 atom stereocenters. The molecule has 2 N–H and O–H groups in total. The highest BCUT2D eigenvalue weighted by atomic mass is 79.9. The van der Waals surface area contributed by atoms with Gasteiger partial charge in [0.05, 0.1) is 4.47 Å². The molecule has 0 aromatic heterocycles. The van der Waals surface area contributed by atoms with Gasteiger partial charge in [-0.3, -0.25) is 0 Å². The van der Waals surface area contributed by atoms with E-state index in [0.29, 0.717) is 9.59 Å². The van der Waals surface area contributed by atoms with E-state index < -0.39 is 0 Å². The first kappa shape index (κ1) is 11.4. The molecule has 0 aliphatic rings. The summed E-state index contributed by atoms with van der Waals surface area (Å²) in [7, 11) is 1.73. The van der Waals surface area contributed by atoms with Gasteiger partial charge in [0.25, 0.3) is 0 Å². The van der Waals surface area contributed by atoms with E-state index in [0.717, 1.165) is 11.3 Å². The normalized spacial score (nSPS) is 9.71. The Bertz CT molecular complexity index is 368.